The largest absolute Gasteiger partial charge is 0.380 e. The predicted molar refractivity (Wildman–Crippen MR) is 102 cm³/mol. The number of pyridine rings is 1. The lowest BCUT2D eigenvalue weighted by atomic mass is 10.1. The van der Waals surface area contributed by atoms with Crippen molar-refractivity contribution in [3.63, 3.8) is 0 Å². The van der Waals surface area contributed by atoms with E-state index in [9.17, 15) is 4.79 Å². The molecule has 3 aromatic rings. The summed E-state index contributed by atoms with van der Waals surface area (Å²) in [6.07, 6.45) is 1.70. The van der Waals surface area contributed by atoms with Crippen LogP contribution in [-0.2, 0) is 6.54 Å². The standard InChI is InChI=1S/C20H18ClN3O/c1-14-4-2-3-5-16(14)12-22-18-10-11-19(23-13-18)24-20(25)15-6-8-17(21)9-7-15/h2-11,13,22H,12H2,1H3,(H,23,24,25). The van der Waals surface area contributed by atoms with Crippen molar-refractivity contribution >= 4 is 29.0 Å². The molecule has 0 saturated heterocycles. The minimum Gasteiger partial charge on any atom is -0.380 e. The van der Waals surface area contributed by atoms with E-state index in [1.54, 1.807) is 36.5 Å². The van der Waals surface area contributed by atoms with E-state index in [1.807, 2.05) is 18.2 Å². The lowest BCUT2D eigenvalue weighted by molar-refractivity contribution is 0.102. The molecular weight excluding hydrogens is 334 g/mol. The maximum Gasteiger partial charge on any atom is 0.256 e. The van der Waals surface area contributed by atoms with Gasteiger partial charge in [-0.15, -0.1) is 0 Å². The van der Waals surface area contributed by atoms with Gasteiger partial charge < -0.3 is 10.6 Å². The lowest BCUT2D eigenvalue weighted by Gasteiger charge is -2.10. The molecule has 2 N–H and O–H groups in total. The Labute approximate surface area is 151 Å². The molecular formula is C20H18ClN3O. The summed E-state index contributed by atoms with van der Waals surface area (Å²) in [5, 5.41) is 6.69. The SMILES string of the molecule is Cc1ccccc1CNc1ccc(NC(=O)c2ccc(Cl)cc2)nc1. The molecule has 1 amide bonds. The van der Waals surface area contributed by atoms with E-state index in [4.69, 9.17) is 11.6 Å². The van der Waals surface area contributed by atoms with Gasteiger partial charge in [-0.25, -0.2) is 4.98 Å². The maximum absolute atomic E-state index is 12.1. The molecule has 0 spiro atoms. The fourth-order valence-corrected chi connectivity index (χ4v) is 2.49. The number of carbonyl (C=O) groups is 1. The number of aryl methyl sites for hydroxylation is 1. The van der Waals surface area contributed by atoms with Crippen molar-refractivity contribution in [1.29, 1.82) is 0 Å². The number of halogens is 1. The number of aromatic nitrogens is 1. The molecule has 25 heavy (non-hydrogen) atoms. The highest BCUT2D eigenvalue weighted by Crippen LogP contribution is 2.15. The Morgan fingerprint density at radius 1 is 1.04 bits per heavy atom. The van der Waals surface area contributed by atoms with Gasteiger partial charge in [0.2, 0.25) is 0 Å². The minimum absolute atomic E-state index is 0.218. The number of nitrogens with zero attached hydrogens (tertiary/aromatic N) is 1. The monoisotopic (exact) mass is 351 g/mol. The summed E-state index contributed by atoms with van der Waals surface area (Å²) in [5.41, 5.74) is 3.91. The molecule has 4 nitrogen and oxygen atoms in total. The van der Waals surface area contributed by atoms with Crippen LogP contribution in [0.1, 0.15) is 21.5 Å². The molecule has 0 saturated carbocycles. The Morgan fingerprint density at radius 3 is 2.48 bits per heavy atom. The second-order valence-corrected chi connectivity index (χ2v) is 6.11. The third-order valence-electron chi connectivity index (χ3n) is 3.86. The number of carbonyl (C=O) groups excluding carboxylic acids is 1. The Morgan fingerprint density at radius 2 is 1.80 bits per heavy atom. The molecule has 1 aromatic heterocycles. The van der Waals surface area contributed by atoms with Crippen molar-refractivity contribution in [2.24, 2.45) is 0 Å². The van der Waals surface area contributed by atoms with Crippen LogP contribution in [0.3, 0.4) is 0 Å². The van der Waals surface area contributed by atoms with E-state index in [-0.39, 0.29) is 5.91 Å². The van der Waals surface area contributed by atoms with Gasteiger partial charge >= 0.3 is 0 Å². The Bertz CT molecular complexity index is 861. The normalized spacial score (nSPS) is 10.3. The van der Waals surface area contributed by atoms with Gasteiger partial charge in [-0.2, -0.15) is 0 Å². The first-order valence-corrected chi connectivity index (χ1v) is 8.31. The van der Waals surface area contributed by atoms with Crippen molar-refractivity contribution < 1.29 is 4.79 Å². The van der Waals surface area contributed by atoms with Crippen LogP contribution in [0.15, 0.2) is 66.9 Å². The quantitative estimate of drug-likeness (QED) is 0.686. The van der Waals surface area contributed by atoms with Gasteiger partial charge in [0.25, 0.3) is 5.91 Å². The van der Waals surface area contributed by atoms with E-state index in [0.29, 0.717) is 16.4 Å². The average molecular weight is 352 g/mol. The predicted octanol–water partition coefficient (Wildman–Crippen LogP) is 4.91. The van der Waals surface area contributed by atoms with E-state index in [2.05, 4.69) is 34.7 Å². The number of nitrogens with one attached hydrogen (secondary N) is 2. The molecule has 0 fully saturated rings. The molecule has 5 heteroatoms. The number of benzene rings is 2. The summed E-state index contributed by atoms with van der Waals surface area (Å²) >= 11 is 5.83. The molecule has 0 aliphatic rings. The van der Waals surface area contributed by atoms with Crippen molar-refractivity contribution in [2.75, 3.05) is 10.6 Å². The summed E-state index contributed by atoms with van der Waals surface area (Å²) in [6.45, 7) is 2.81. The van der Waals surface area contributed by atoms with Crippen LogP contribution in [0.4, 0.5) is 11.5 Å². The Kier molecular flexibility index (Phi) is 5.31. The summed E-state index contributed by atoms with van der Waals surface area (Å²) in [5.74, 6) is 0.283. The van der Waals surface area contributed by atoms with Gasteiger partial charge in [0.1, 0.15) is 5.82 Å². The van der Waals surface area contributed by atoms with Gasteiger partial charge in [0, 0.05) is 17.1 Å². The summed E-state index contributed by atoms with van der Waals surface area (Å²) in [6, 6.07) is 18.6. The molecule has 0 bridgehead atoms. The van der Waals surface area contributed by atoms with Crippen LogP contribution in [0.2, 0.25) is 5.02 Å². The van der Waals surface area contributed by atoms with Crippen molar-refractivity contribution in [3.8, 4) is 0 Å². The van der Waals surface area contributed by atoms with Crippen LogP contribution in [-0.4, -0.2) is 10.9 Å². The first-order valence-electron chi connectivity index (χ1n) is 7.93. The van der Waals surface area contributed by atoms with Crippen molar-refractivity contribution in [1.82, 2.24) is 4.98 Å². The third-order valence-corrected chi connectivity index (χ3v) is 4.11. The molecule has 0 aliphatic carbocycles. The summed E-state index contributed by atoms with van der Waals surface area (Å²) in [4.78, 5) is 16.4. The molecule has 0 aliphatic heterocycles. The third kappa shape index (κ3) is 4.58. The van der Waals surface area contributed by atoms with Gasteiger partial charge in [-0.3, -0.25) is 4.79 Å². The van der Waals surface area contributed by atoms with Crippen LogP contribution in [0.5, 0.6) is 0 Å². The second kappa shape index (κ2) is 7.81. The highest BCUT2D eigenvalue weighted by atomic mass is 35.5. The smallest absolute Gasteiger partial charge is 0.256 e. The lowest BCUT2D eigenvalue weighted by Crippen LogP contribution is -2.12. The van der Waals surface area contributed by atoms with Gasteiger partial charge in [-0.1, -0.05) is 35.9 Å². The zero-order valence-corrected chi connectivity index (χ0v) is 14.5. The van der Waals surface area contributed by atoms with Crippen LogP contribution >= 0.6 is 11.6 Å². The number of hydrogen-bond donors (Lipinski definition) is 2. The molecule has 1 heterocycles. The second-order valence-electron chi connectivity index (χ2n) is 5.67. The number of rotatable bonds is 5. The Hall–Kier alpha value is -2.85. The zero-order chi connectivity index (χ0) is 17.6. The molecule has 2 aromatic carbocycles. The Balaban J connectivity index is 1.59. The van der Waals surface area contributed by atoms with E-state index >= 15 is 0 Å². The van der Waals surface area contributed by atoms with E-state index < -0.39 is 0 Å². The van der Waals surface area contributed by atoms with Gasteiger partial charge in [0.05, 0.1) is 11.9 Å². The van der Waals surface area contributed by atoms with Crippen LogP contribution < -0.4 is 10.6 Å². The maximum atomic E-state index is 12.1. The first kappa shape index (κ1) is 17.0. The summed E-state index contributed by atoms with van der Waals surface area (Å²) < 4.78 is 0. The molecule has 0 unspecified atom stereocenters. The fourth-order valence-electron chi connectivity index (χ4n) is 2.37. The van der Waals surface area contributed by atoms with Crippen molar-refractivity contribution in [2.45, 2.75) is 13.5 Å². The molecule has 3 rings (SSSR count). The molecule has 0 radical (unpaired) electrons. The van der Waals surface area contributed by atoms with Crippen LogP contribution in [0, 0.1) is 6.92 Å². The van der Waals surface area contributed by atoms with Gasteiger partial charge in [-0.05, 0) is 54.4 Å². The average Bonchev–Trinajstić information content (AvgIpc) is 2.63. The van der Waals surface area contributed by atoms with Gasteiger partial charge in [0.15, 0.2) is 0 Å². The zero-order valence-electron chi connectivity index (χ0n) is 13.8. The van der Waals surface area contributed by atoms with Crippen LogP contribution in [0.25, 0.3) is 0 Å². The molecule has 0 atom stereocenters. The van der Waals surface area contributed by atoms with E-state index in [1.165, 1.54) is 11.1 Å². The first-order chi connectivity index (χ1) is 12.1. The number of amides is 1. The highest BCUT2D eigenvalue weighted by Gasteiger charge is 2.06. The number of anilines is 2. The minimum atomic E-state index is -0.218. The topological polar surface area (TPSA) is 54.0 Å². The van der Waals surface area contributed by atoms with E-state index in [0.717, 1.165) is 12.2 Å². The molecule has 126 valence electrons. The number of hydrogen-bond acceptors (Lipinski definition) is 3. The summed E-state index contributed by atoms with van der Waals surface area (Å²) in [7, 11) is 0. The fraction of sp³-hybridized carbons (Fsp3) is 0.100. The highest BCUT2D eigenvalue weighted by molar-refractivity contribution is 6.30. The van der Waals surface area contributed by atoms with Crippen molar-refractivity contribution in [3.05, 3.63) is 88.6 Å².